The van der Waals surface area contributed by atoms with Gasteiger partial charge in [-0.25, -0.2) is 16.8 Å². The zero-order valence-electron chi connectivity index (χ0n) is 50.7. The van der Waals surface area contributed by atoms with Gasteiger partial charge < -0.3 is 46.0 Å². The minimum atomic E-state index is -3.85. The van der Waals surface area contributed by atoms with Gasteiger partial charge in [0.25, 0.3) is 11.8 Å². The summed E-state index contributed by atoms with van der Waals surface area (Å²) in [6.07, 6.45) is 5.01. The zero-order valence-corrected chi connectivity index (χ0v) is 52.3. The van der Waals surface area contributed by atoms with E-state index in [1.165, 1.54) is 11.0 Å². The molecule has 25 nitrogen and oxygen atoms in total. The summed E-state index contributed by atoms with van der Waals surface area (Å²) in [6.45, 7) is 14.8. The summed E-state index contributed by atoms with van der Waals surface area (Å²) in [4.78, 5) is 90.1. The normalized spacial score (nSPS) is 24.7. The Labute approximate surface area is 542 Å². The van der Waals surface area contributed by atoms with Crippen LogP contribution >= 0.6 is 0 Å². The number of carboxylic acids is 1. The van der Waals surface area contributed by atoms with Crippen molar-refractivity contribution in [1.29, 1.82) is 0 Å². The standard InChI is InChI=1S/C32H37N5O7S.C27H28N4O5S.C5H11NO3.2CH4/c1-4-19-16-32(19,31(40)36-45(42,43)21-13-14-21)33-29(38)26-15-20(17-37(26)30(39)27(34-41)18(2)3)44-35-28-24-11-7-5-9-22(24)23-10-6-8-12-25(23)28;1-2-16-14-27(16,26(33)31-37(34,35)18-11-12-18)29-25(32)23-13-17(15-28-23)36-30-24-21-9-5-3-7-19(21)20-8-4-6-10-22(20)24;1-3(2)4(6-9)5(7)8;;/h4-12,18-21,26-27,34,41H,1,13-17H2,2-3H3,(H,33,38)(H,36,40);2-10,16-18,23,28H,1,11-15H2,(H,29,32)(H,31,33);3-4,6,9H,1-2H3,(H,7,8);2*1H4/t19-,20-,26+,27+,32-;16-,17-,23+,27-;4-;;/m110../s1. The molecule has 10 atom stereocenters. The number of rotatable bonds is 22. The molecule has 0 spiro atoms. The largest absolute Gasteiger partial charge is 0.480 e. The minimum absolute atomic E-state index is 0. The summed E-state index contributed by atoms with van der Waals surface area (Å²) < 4.78 is 53.9. The summed E-state index contributed by atoms with van der Waals surface area (Å²) in [5.41, 5.74) is 10.4. The van der Waals surface area contributed by atoms with Crippen molar-refractivity contribution in [2.45, 2.75) is 152 Å². The first-order chi connectivity index (χ1) is 43.4. The van der Waals surface area contributed by atoms with Gasteiger partial charge in [0.15, 0.2) is 0 Å². The first kappa shape index (κ1) is 70.7. The number of hydrogen-bond acceptors (Lipinski definition) is 19. The van der Waals surface area contributed by atoms with Gasteiger partial charge >= 0.3 is 5.97 Å². The van der Waals surface area contributed by atoms with Gasteiger partial charge in [0.2, 0.25) is 37.8 Å². The van der Waals surface area contributed by atoms with E-state index in [4.69, 9.17) is 20.0 Å². The van der Waals surface area contributed by atoms with Crippen LogP contribution in [-0.2, 0) is 58.5 Å². The smallest absolute Gasteiger partial charge is 0.323 e. The van der Waals surface area contributed by atoms with Crippen LogP contribution in [0.3, 0.4) is 0 Å². The third-order valence-corrected chi connectivity index (χ3v) is 21.4. The monoisotopic (exact) mass is 1320 g/mol. The molecule has 8 aliphatic rings. The van der Waals surface area contributed by atoms with Crippen LogP contribution in [0.5, 0.6) is 0 Å². The van der Waals surface area contributed by atoms with Gasteiger partial charge in [-0.05, 0) is 72.6 Å². The Balaban J connectivity index is 0.000000210. The summed E-state index contributed by atoms with van der Waals surface area (Å²) in [6, 6.07) is 28.2. The molecule has 6 aliphatic carbocycles. The molecule has 10 N–H and O–H groups in total. The first-order valence-electron chi connectivity index (χ1n) is 30.4. The predicted molar refractivity (Wildman–Crippen MR) is 348 cm³/mol. The van der Waals surface area contributed by atoms with E-state index in [0.717, 1.165) is 50.2 Å². The quantitative estimate of drug-likeness (QED) is 0.0306. The molecule has 27 heteroatoms. The van der Waals surface area contributed by atoms with Crippen LogP contribution in [0.15, 0.2) is 133 Å². The molecule has 6 fully saturated rings. The zero-order chi connectivity index (χ0) is 65.3. The number of aliphatic carboxylic acids is 1. The lowest BCUT2D eigenvalue weighted by Gasteiger charge is -2.30. The number of nitrogens with zero attached hydrogens (tertiary/aromatic N) is 3. The van der Waals surface area contributed by atoms with Gasteiger partial charge in [0.05, 0.1) is 23.1 Å². The average molecular weight is 1320 g/mol. The number of carboxylic acid groups (broad SMARTS) is 1. The van der Waals surface area contributed by atoms with E-state index < -0.39 is 107 Å². The molecule has 5 amide bonds. The molecular formula is C66H84N10O15S2. The van der Waals surface area contributed by atoms with Crippen LogP contribution in [0.1, 0.15) is 116 Å². The molecule has 0 unspecified atom stereocenters. The van der Waals surface area contributed by atoms with E-state index in [1.807, 2.05) is 84.9 Å². The molecule has 4 saturated carbocycles. The van der Waals surface area contributed by atoms with Crippen molar-refractivity contribution in [3.05, 3.63) is 145 Å². The Morgan fingerprint density at radius 3 is 1.30 bits per heavy atom. The maximum atomic E-state index is 13.9. The molecule has 2 saturated heterocycles. The highest BCUT2D eigenvalue weighted by Gasteiger charge is 2.63. The van der Waals surface area contributed by atoms with E-state index >= 15 is 0 Å². The van der Waals surface area contributed by atoms with E-state index in [9.17, 15) is 50.8 Å². The van der Waals surface area contributed by atoms with Crippen LogP contribution in [0.2, 0.25) is 0 Å². The highest BCUT2D eigenvalue weighted by Crippen LogP contribution is 2.47. The number of fused-ring (bicyclic) bond motifs is 6. The summed E-state index contributed by atoms with van der Waals surface area (Å²) in [5.74, 6) is -5.31. The molecule has 93 heavy (non-hydrogen) atoms. The summed E-state index contributed by atoms with van der Waals surface area (Å²) >= 11 is 0. The molecule has 0 radical (unpaired) electrons. The molecule has 4 aromatic carbocycles. The maximum absolute atomic E-state index is 13.9. The third kappa shape index (κ3) is 14.8. The highest BCUT2D eigenvalue weighted by atomic mass is 32.2. The second-order valence-electron chi connectivity index (χ2n) is 24.9. The topological polar surface area (TPSA) is 362 Å². The van der Waals surface area contributed by atoms with Gasteiger partial charge in [-0.2, -0.15) is 11.0 Å². The lowest BCUT2D eigenvalue weighted by atomic mass is 10.0. The molecule has 0 aromatic heterocycles. The Hall–Kier alpha value is -8.18. The fourth-order valence-electron chi connectivity index (χ4n) is 12.0. The Bertz CT molecular complexity index is 3740. The Kier molecular flexibility index (Phi) is 21.7. The number of sulfonamides is 2. The molecule has 2 heterocycles. The van der Waals surface area contributed by atoms with Gasteiger partial charge in [0.1, 0.15) is 52.8 Å². The number of oxime groups is 2. The Morgan fingerprint density at radius 1 is 0.591 bits per heavy atom. The Morgan fingerprint density at radius 2 is 0.968 bits per heavy atom. The summed E-state index contributed by atoms with van der Waals surface area (Å²) in [7, 11) is -7.57. The van der Waals surface area contributed by atoms with Crippen LogP contribution in [0, 0.1) is 23.7 Å². The number of carbonyl (C=O) groups excluding carboxylic acids is 5. The van der Waals surface area contributed by atoms with Gasteiger partial charge in [-0.3, -0.25) is 38.2 Å². The van der Waals surface area contributed by atoms with Crippen molar-refractivity contribution < 1.29 is 70.8 Å². The molecular weight excluding hydrogens is 1240 g/mol. The molecule has 0 bridgehead atoms. The van der Waals surface area contributed by atoms with E-state index in [0.29, 0.717) is 50.8 Å². The fraction of sp³-hybridized carbons (Fsp3) is 0.455. The average Bonchev–Trinajstić information content (AvgIpc) is 1.58. The fourth-order valence-corrected chi connectivity index (χ4v) is 14.7. The number of amides is 5. The van der Waals surface area contributed by atoms with Crippen molar-refractivity contribution in [3.63, 3.8) is 0 Å². The van der Waals surface area contributed by atoms with Crippen LogP contribution < -0.4 is 36.4 Å². The number of hydrogen-bond donors (Lipinski definition) is 10. The lowest BCUT2D eigenvalue weighted by Crippen LogP contribution is -2.58. The lowest BCUT2D eigenvalue weighted by molar-refractivity contribution is -0.144. The first-order valence-corrected chi connectivity index (χ1v) is 33.4. The number of benzene rings is 4. The van der Waals surface area contributed by atoms with Crippen molar-refractivity contribution in [2.24, 2.45) is 34.0 Å². The van der Waals surface area contributed by atoms with E-state index in [-0.39, 0.29) is 64.0 Å². The highest BCUT2D eigenvalue weighted by molar-refractivity contribution is 7.91. The van der Waals surface area contributed by atoms with Gasteiger partial charge in [-0.1, -0.05) is 162 Å². The van der Waals surface area contributed by atoms with Crippen molar-refractivity contribution in [3.8, 4) is 22.3 Å². The maximum Gasteiger partial charge on any atom is 0.323 e. The van der Waals surface area contributed by atoms with Crippen LogP contribution in [0.25, 0.3) is 22.3 Å². The minimum Gasteiger partial charge on any atom is -0.480 e. The molecule has 12 rings (SSSR count). The van der Waals surface area contributed by atoms with E-state index in [1.54, 1.807) is 39.3 Å². The number of nitrogens with one attached hydrogen (secondary N) is 7. The number of carbonyl (C=O) groups is 6. The van der Waals surface area contributed by atoms with Crippen molar-refractivity contribution in [1.82, 2.24) is 41.3 Å². The number of hydroxylamine groups is 2. The van der Waals surface area contributed by atoms with Crippen molar-refractivity contribution in [2.75, 3.05) is 13.1 Å². The van der Waals surface area contributed by atoms with Crippen molar-refractivity contribution >= 4 is 67.0 Å². The molecule has 4 aromatic rings. The third-order valence-electron chi connectivity index (χ3n) is 17.8. The SMILES string of the molecule is C.C.C=C[C@@H]1C[C@]1(NC(=O)[C@@H]1C[C@@H](ON=C2c3ccccc3-c3ccccc32)CN1)C(=O)NS(=O)(=O)C1CC1.C=C[C@@H]1C[C@]1(NC(=O)[C@@H]1C[C@@H](ON=C2c3ccccc3-c3ccccc32)CN1C(=O)[C@@H](NO)C(C)C)C(=O)NS(=O)(=O)C1CC1.CC(C)[C@H](NO)C(=O)O. The number of likely N-dealkylation sites (tertiary alicyclic amines) is 1. The van der Waals surface area contributed by atoms with E-state index in [2.05, 4.69) is 66.5 Å². The predicted octanol–water partition coefficient (Wildman–Crippen LogP) is 5.26. The second-order valence-corrected chi connectivity index (χ2v) is 28.8. The van der Waals surface area contributed by atoms with Gasteiger partial charge in [0, 0.05) is 53.5 Å². The van der Waals surface area contributed by atoms with Crippen LogP contribution in [-0.4, -0.2) is 155 Å². The van der Waals surface area contributed by atoms with Crippen LogP contribution in [0.4, 0.5) is 0 Å². The second kappa shape index (κ2) is 28.6. The molecule has 2 aliphatic heterocycles. The van der Waals surface area contributed by atoms with Gasteiger partial charge in [-0.15, -0.1) is 13.2 Å². The summed E-state index contributed by atoms with van der Waals surface area (Å²) in [5, 5.41) is 42.9. The molecule has 500 valence electrons.